The molecule has 0 radical (unpaired) electrons. The topological polar surface area (TPSA) is 52.5 Å². The average Bonchev–Trinajstić information content (AvgIpc) is 2.59. The van der Waals surface area contributed by atoms with E-state index in [0.29, 0.717) is 0 Å². The predicted octanol–water partition coefficient (Wildman–Crippen LogP) is 0.119. The van der Waals surface area contributed by atoms with Gasteiger partial charge in [-0.15, -0.1) is 0 Å². The Morgan fingerprint density at radius 1 is 1.17 bits per heavy atom. The van der Waals surface area contributed by atoms with Crippen LogP contribution in [-0.2, 0) is 0 Å². The van der Waals surface area contributed by atoms with Gasteiger partial charge in [0.1, 0.15) is 0 Å². The van der Waals surface area contributed by atoms with E-state index in [-0.39, 0.29) is 19.3 Å². The molecule has 0 aromatic carbocycles. The van der Waals surface area contributed by atoms with Gasteiger partial charge >= 0.3 is 0 Å². The summed E-state index contributed by atoms with van der Waals surface area (Å²) < 4.78 is 0. The van der Waals surface area contributed by atoms with Crippen molar-refractivity contribution in [3.63, 3.8) is 0 Å². The Morgan fingerprint density at radius 3 is 2.25 bits per heavy atom. The number of rotatable bonds is 5. The van der Waals surface area contributed by atoms with Gasteiger partial charge in [-0.1, -0.05) is 12.8 Å². The molecule has 0 unspecified atom stereocenters. The van der Waals surface area contributed by atoms with Gasteiger partial charge in [-0.3, -0.25) is 0 Å². The molecule has 1 aliphatic rings. The third-order valence-electron chi connectivity index (χ3n) is 2.61. The van der Waals surface area contributed by atoms with Crippen molar-refractivity contribution in [2.45, 2.75) is 31.7 Å². The summed E-state index contributed by atoms with van der Waals surface area (Å²) in [6.45, 7) is 1.01. The second-order valence-corrected chi connectivity index (χ2v) is 3.62. The zero-order valence-corrected chi connectivity index (χ0v) is 7.50. The molecular weight excluding hydrogens is 154 g/mol. The lowest BCUT2D eigenvalue weighted by molar-refractivity contribution is 0.167. The Balaban J connectivity index is 2.06. The van der Waals surface area contributed by atoms with Crippen LogP contribution in [0.15, 0.2) is 0 Å². The van der Waals surface area contributed by atoms with Crippen LogP contribution in [0.4, 0.5) is 0 Å². The van der Waals surface area contributed by atoms with Gasteiger partial charge in [-0.25, -0.2) is 0 Å². The minimum absolute atomic E-state index is 0.0310. The van der Waals surface area contributed by atoms with E-state index in [0.717, 1.165) is 12.5 Å². The Hall–Kier alpha value is -0.120. The molecule has 0 heterocycles. The Morgan fingerprint density at radius 2 is 1.75 bits per heavy atom. The van der Waals surface area contributed by atoms with Crippen LogP contribution in [0.3, 0.4) is 0 Å². The Kier molecular flexibility index (Phi) is 4.58. The number of hydrogen-bond donors (Lipinski definition) is 3. The lowest BCUT2D eigenvalue weighted by Gasteiger charge is -2.16. The highest BCUT2D eigenvalue weighted by Gasteiger charge is 2.15. The summed E-state index contributed by atoms with van der Waals surface area (Å²) in [7, 11) is 0. The maximum absolute atomic E-state index is 8.78. The third-order valence-corrected chi connectivity index (χ3v) is 2.61. The molecule has 3 N–H and O–H groups in total. The highest BCUT2D eigenvalue weighted by molar-refractivity contribution is 4.72. The fourth-order valence-electron chi connectivity index (χ4n) is 1.73. The second-order valence-electron chi connectivity index (χ2n) is 3.62. The minimum atomic E-state index is -0.120. The molecule has 3 heteroatoms. The van der Waals surface area contributed by atoms with E-state index >= 15 is 0 Å². The van der Waals surface area contributed by atoms with Gasteiger partial charge in [-0.2, -0.15) is 0 Å². The van der Waals surface area contributed by atoms with Crippen molar-refractivity contribution in [3.05, 3.63) is 0 Å². The lowest BCUT2D eigenvalue weighted by Crippen LogP contribution is -2.38. The standard InChI is InChI=1S/C9H19NO2/c11-6-9(7-12)10-5-8-3-1-2-4-8/h8-12H,1-7H2. The summed E-state index contributed by atoms with van der Waals surface area (Å²) in [5.41, 5.74) is 0. The third kappa shape index (κ3) is 3.09. The van der Waals surface area contributed by atoms with Gasteiger partial charge in [-0.05, 0) is 25.3 Å². The summed E-state index contributed by atoms with van der Waals surface area (Å²) in [6.07, 6.45) is 5.29. The molecule has 0 aromatic rings. The molecule has 0 spiro atoms. The van der Waals surface area contributed by atoms with Gasteiger partial charge in [0.25, 0.3) is 0 Å². The quantitative estimate of drug-likeness (QED) is 0.553. The van der Waals surface area contributed by atoms with E-state index < -0.39 is 0 Å². The zero-order chi connectivity index (χ0) is 8.81. The van der Waals surface area contributed by atoms with Crippen molar-refractivity contribution in [2.75, 3.05) is 19.8 Å². The van der Waals surface area contributed by atoms with Crippen molar-refractivity contribution in [3.8, 4) is 0 Å². The minimum Gasteiger partial charge on any atom is -0.395 e. The first-order valence-corrected chi connectivity index (χ1v) is 4.82. The monoisotopic (exact) mass is 173 g/mol. The lowest BCUT2D eigenvalue weighted by atomic mass is 10.1. The smallest absolute Gasteiger partial charge is 0.0607 e. The number of aliphatic hydroxyl groups is 2. The van der Waals surface area contributed by atoms with Crippen LogP contribution < -0.4 is 5.32 Å². The molecule has 12 heavy (non-hydrogen) atoms. The molecule has 1 saturated carbocycles. The maximum atomic E-state index is 8.78. The van der Waals surface area contributed by atoms with Gasteiger partial charge in [0.15, 0.2) is 0 Å². The first-order chi connectivity index (χ1) is 5.86. The van der Waals surface area contributed by atoms with E-state index in [4.69, 9.17) is 10.2 Å². The van der Waals surface area contributed by atoms with E-state index in [1.165, 1.54) is 25.7 Å². The van der Waals surface area contributed by atoms with Crippen LogP contribution in [0, 0.1) is 5.92 Å². The fourth-order valence-corrected chi connectivity index (χ4v) is 1.73. The molecule has 0 aliphatic heterocycles. The number of aliphatic hydroxyl groups excluding tert-OH is 2. The predicted molar refractivity (Wildman–Crippen MR) is 47.9 cm³/mol. The van der Waals surface area contributed by atoms with E-state index in [9.17, 15) is 0 Å². The molecule has 1 fully saturated rings. The van der Waals surface area contributed by atoms with Crippen molar-refractivity contribution in [1.29, 1.82) is 0 Å². The Bertz CT molecular complexity index is 107. The summed E-state index contributed by atoms with van der Waals surface area (Å²) in [5, 5.41) is 20.7. The van der Waals surface area contributed by atoms with Crippen LogP contribution in [0.5, 0.6) is 0 Å². The SMILES string of the molecule is OCC(CO)NCC1CCCC1. The van der Waals surface area contributed by atoms with Gasteiger partial charge < -0.3 is 15.5 Å². The van der Waals surface area contributed by atoms with Crippen molar-refractivity contribution in [2.24, 2.45) is 5.92 Å². The molecule has 1 rings (SSSR count). The van der Waals surface area contributed by atoms with Crippen molar-refractivity contribution < 1.29 is 10.2 Å². The highest BCUT2D eigenvalue weighted by atomic mass is 16.3. The summed E-state index contributed by atoms with van der Waals surface area (Å²) in [6, 6.07) is -0.120. The summed E-state index contributed by atoms with van der Waals surface area (Å²) >= 11 is 0. The molecule has 0 aromatic heterocycles. The first-order valence-electron chi connectivity index (χ1n) is 4.82. The molecule has 0 bridgehead atoms. The average molecular weight is 173 g/mol. The number of nitrogens with one attached hydrogen (secondary N) is 1. The summed E-state index contributed by atoms with van der Waals surface area (Å²) in [5.74, 6) is 0.769. The van der Waals surface area contributed by atoms with Gasteiger partial charge in [0.05, 0.1) is 19.3 Å². The molecule has 72 valence electrons. The van der Waals surface area contributed by atoms with Gasteiger partial charge in [0, 0.05) is 0 Å². The molecule has 1 aliphatic carbocycles. The normalized spacial score (nSPS) is 19.2. The Labute approximate surface area is 73.8 Å². The molecular formula is C9H19NO2. The van der Waals surface area contributed by atoms with Crippen LogP contribution >= 0.6 is 0 Å². The maximum Gasteiger partial charge on any atom is 0.0607 e. The second kappa shape index (κ2) is 5.51. The van der Waals surface area contributed by atoms with E-state index in [1.807, 2.05) is 0 Å². The fraction of sp³-hybridized carbons (Fsp3) is 1.00. The largest absolute Gasteiger partial charge is 0.395 e. The van der Waals surface area contributed by atoms with Crippen LogP contribution in [0.2, 0.25) is 0 Å². The zero-order valence-electron chi connectivity index (χ0n) is 7.50. The van der Waals surface area contributed by atoms with Crippen LogP contribution in [0.1, 0.15) is 25.7 Å². The van der Waals surface area contributed by atoms with E-state index in [2.05, 4.69) is 5.32 Å². The highest BCUT2D eigenvalue weighted by Crippen LogP contribution is 2.23. The van der Waals surface area contributed by atoms with Crippen LogP contribution in [0.25, 0.3) is 0 Å². The van der Waals surface area contributed by atoms with Crippen LogP contribution in [-0.4, -0.2) is 36.0 Å². The molecule has 0 atom stereocenters. The van der Waals surface area contributed by atoms with Gasteiger partial charge in [0.2, 0.25) is 0 Å². The molecule has 0 saturated heterocycles. The van der Waals surface area contributed by atoms with Crippen molar-refractivity contribution in [1.82, 2.24) is 5.32 Å². The first kappa shape index (κ1) is 9.96. The van der Waals surface area contributed by atoms with Crippen molar-refractivity contribution >= 4 is 0 Å². The van der Waals surface area contributed by atoms with E-state index in [1.54, 1.807) is 0 Å². The number of hydrogen-bond acceptors (Lipinski definition) is 3. The summed E-state index contributed by atoms with van der Waals surface area (Å²) in [4.78, 5) is 0. The molecule has 3 nitrogen and oxygen atoms in total. The molecule has 0 amide bonds.